The molecule has 1 atom stereocenters. The van der Waals surface area contributed by atoms with Crippen molar-refractivity contribution in [2.45, 2.75) is 31.3 Å². The van der Waals surface area contributed by atoms with Gasteiger partial charge in [0.2, 0.25) is 15.9 Å². The summed E-state index contributed by atoms with van der Waals surface area (Å²) in [7, 11) is -3.74. The summed E-state index contributed by atoms with van der Waals surface area (Å²) >= 11 is 0. The topological polar surface area (TPSA) is 104 Å². The molecule has 0 radical (unpaired) electrons. The van der Waals surface area contributed by atoms with E-state index in [-0.39, 0.29) is 23.5 Å². The number of nitrogens with one attached hydrogen (secondary N) is 2. The lowest BCUT2D eigenvalue weighted by Crippen LogP contribution is -2.41. The SMILES string of the molecule is CC(=O)N1CC(C)Oc2ccc(S(=O)(=O)NCCc3nc4ccccc4[nH]3)cc21. The maximum atomic E-state index is 12.7. The van der Waals surface area contributed by atoms with Crippen LogP contribution < -0.4 is 14.4 Å². The van der Waals surface area contributed by atoms with Crippen LogP contribution in [0.5, 0.6) is 5.75 Å². The number of rotatable bonds is 5. The normalized spacial score (nSPS) is 16.5. The summed E-state index contributed by atoms with van der Waals surface area (Å²) in [6.45, 7) is 3.90. The van der Waals surface area contributed by atoms with Gasteiger partial charge in [-0.1, -0.05) is 12.1 Å². The van der Waals surface area contributed by atoms with Crippen LogP contribution >= 0.6 is 0 Å². The molecule has 1 aliphatic rings. The van der Waals surface area contributed by atoms with Crippen LogP contribution in [0.4, 0.5) is 5.69 Å². The quantitative estimate of drug-likeness (QED) is 0.666. The van der Waals surface area contributed by atoms with Crippen molar-refractivity contribution in [2.24, 2.45) is 0 Å². The smallest absolute Gasteiger partial charge is 0.240 e. The van der Waals surface area contributed by atoms with E-state index in [1.807, 2.05) is 31.2 Å². The second-order valence-corrected chi connectivity index (χ2v) is 8.80. The Morgan fingerprint density at radius 3 is 2.86 bits per heavy atom. The monoisotopic (exact) mass is 414 g/mol. The van der Waals surface area contributed by atoms with Crippen LogP contribution in [0.2, 0.25) is 0 Å². The molecule has 1 aromatic heterocycles. The number of aromatic amines is 1. The van der Waals surface area contributed by atoms with Crippen LogP contribution in [-0.4, -0.2) is 43.5 Å². The molecule has 0 spiro atoms. The van der Waals surface area contributed by atoms with E-state index in [4.69, 9.17) is 4.74 Å². The number of benzene rings is 2. The van der Waals surface area contributed by atoms with Gasteiger partial charge in [0.05, 0.1) is 28.2 Å². The van der Waals surface area contributed by atoms with Crippen molar-refractivity contribution in [3.63, 3.8) is 0 Å². The molecular formula is C20H22N4O4S. The highest BCUT2D eigenvalue weighted by molar-refractivity contribution is 7.89. The highest BCUT2D eigenvalue weighted by atomic mass is 32.2. The number of sulfonamides is 1. The number of fused-ring (bicyclic) bond motifs is 2. The van der Waals surface area contributed by atoms with Crippen molar-refractivity contribution >= 4 is 32.7 Å². The van der Waals surface area contributed by atoms with E-state index in [2.05, 4.69) is 14.7 Å². The number of nitrogens with zero attached hydrogens (tertiary/aromatic N) is 2. The molecule has 8 nitrogen and oxygen atoms in total. The molecule has 0 aliphatic carbocycles. The lowest BCUT2D eigenvalue weighted by molar-refractivity contribution is -0.117. The molecule has 1 unspecified atom stereocenters. The van der Waals surface area contributed by atoms with Crippen molar-refractivity contribution in [3.05, 3.63) is 48.3 Å². The fourth-order valence-corrected chi connectivity index (χ4v) is 4.45. The van der Waals surface area contributed by atoms with Crippen LogP contribution in [0.15, 0.2) is 47.4 Å². The number of carbonyl (C=O) groups is 1. The molecular weight excluding hydrogens is 392 g/mol. The van der Waals surface area contributed by atoms with Gasteiger partial charge in [-0.25, -0.2) is 18.1 Å². The maximum absolute atomic E-state index is 12.7. The lowest BCUT2D eigenvalue weighted by atomic mass is 10.2. The molecule has 152 valence electrons. The molecule has 0 fully saturated rings. The number of amides is 1. The van der Waals surface area contributed by atoms with E-state index in [9.17, 15) is 13.2 Å². The third kappa shape index (κ3) is 3.96. The zero-order valence-electron chi connectivity index (χ0n) is 16.2. The summed E-state index contributed by atoms with van der Waals surface area (Å²) in [6.07, 6.45) is 0.273. The molecule has 2 N–H and O–H groups in total. The van der Waals surface area contributed by atoms with Crippen LogP contribution in [0.1, 0.15) is 19.7 Å². The second kappa shape index (κ2) is 7.49. The summed E-state index contributed by atoms with van der Waals surface area (Å²) < 4.78 is 33.8. The Labute approximate surface area is 168 Å². The van der Waals surface area contributed by atoms with Crippen LogP contribution in [0.25, 0.3) is 11.0 Å². The van der Waals surface area contributed by atoms with Crippen LogP contribution in [0, 0.1) is 0 Å². The van der Waals surface area contributed by atoms with Gasteiger partial charge in [0.15, 0.2) is 0 Å². The van der Waals surface area contributed by atoms with Gasteiger partial charge >= 0.3 is 0 Å². The Bertz CT molecular complexity index is 1140. The maximum Gasteiger partial charge on any atom is 0.240 e. The van der Waals surface area contributed by atoms with Gasteiger partial charge in [-0.05, 0) is 37.3 Å². The van der Waals surface area contributed by atoms with Gasteiger partial charge in [0.25, 0.3) is 0 Å². The Kier molecular flexibility index (Phi) is 5.01. The fourth-order valence-electron chi connectivity index (χ4n) is 3.39. The number of carbonyl (C=O) groups excluding carboxylic acids is 1. The van der Waals surface area contributed by atoms with Gasteiger partial charge in [0, 0.05) is 19.9 Å². The largest absolute Gasteiger partial charge is 0.487 e. The van der Waals surface area contributed by atoms with E-state index in [0.717, 1.165) is 11.0 Å². The number of H-pyrrole nitrogens is 1. The highest BCUT2D eigenvalue weighted by Crippen LogP contribution is 2.35. The molecule has 0 saturated carbocycles. The van der Waals surface area contributed by atoms with Crippen molar-refractivity contribution < 1.29 is 17.9 Å². The second-order valence-electron chi connectivity index (χ2n) is 7.04. The van der Waals surface area contributed by atoms with Crippen molar-refractivity contribution in [3.8, 4) is 5.75 Å². The minimum absolute atomic E-state index is 0.0882. The van der Waals surface area contributed by atoms with Gasteiger partial charge in [-0.2, -0.15) is 0 Å². The molecule has 1 amide bonds. The minimum Gasteiger partial charge on any atom is -0.487 e. The molecule has 4 rings (SSSR count). The van der Waals surface area contributed by atoms with Gasteiger partial charge < -0.3 is 14.6 Å². The van der Waals surface area contributed by atoms with Gasteiger partial charge in [0.1, 0.15) is 17.7 Å². The Morgan fingerprint density at radius 2 is 2.10 bits per heavy atom. The summed E-state index contributed by atoms with van der Waals surface area (Å²) in [4.78, 5) is 21.2. The van der Waals surface area contributed by atoms with Gasteiger partial charge in [-0.3, -0.25) is 4.79 Å². The standard InChI is InChI=1S/C20H22N4O4S/c1-13-12-24(14(2)25)18-11-15(7-8-19(18)28-13)29(26,27)21-10-9-20-22-16-5-3-4-6-17(16)23-20/h3-8,11,13,21H,9-10,12H2,1-2H3,(H,22,23). The summed E-state index contributed by atoms with van der Waals surface area (Å²) in [5, 5.41) is 0. The Morgan fingerprint density at radius 1 is 1.31 bits per heavy atom. The zero-order chi connectivity index (χ0) is 20.6. The summed E-state index contributed by atoms with van der Waals surface area (Å²) in [6, 6.07) is 12.2. The van der Waals surface area contributed by atoms with Crippen LogP contribution in [-0.2, 0) is 21.2 Å². The van der Waals surface area contributed by atoms with Gasteiger partial charge in [-0.15, -0.1) is 0 Å². The molecule has 1 aliphatic heterocycles. The molecule has 3 aromatic rings. The number of aromatic nitrogens is 2. The molecule has 29 heavy (non-hydrogen) atoms. The number of anilines is 1. The highest BCUT2D eigenvalue weighted by Gasteiger charge is 2.27. The van der Waals surface area contributed by atoms with Crippen LogP contribution in [0.3, 0.4) is 0 Å². The predicted octanol–water partition coefficient (Wildman–Crippen LogP) is 2.22. The number of hydrogen-bond acceptors (Lipinski definition) is 5. The third-order valence-corrected chi connectivity index (χ3v) is 6.23. The Balaban J connectivity index is 1.50. The van der Waals surface area contributed by atoms with E-state index < -0.39 is 10.0 Å². The van der Waals surface area contributed by atoms with Crippen molar-refractivity contribution in [2.75, 3.05) is 18.0 Å². The number of hydrogen-bond donors (Lipinski definition) is 2. The molecule has 2 heterocycles. The lowest BCUT2D eigenvalue weighted by Gasteiger charge is -2.33. The van der Waals surface area contributed by atoms with E-state index in [1.54, 1.807) is 6.07 Å². The summed E-state index contributed by atoms with van der Waals surface area (Å²) in [5.74, 6) is 1.05. The average Bonchev–Trinajstić information content (AvgIpc) is 3.09. The first kappa shape index (κ1) is 19.4. The fraction of sp³-hybridized carbons (Fsp3) is 0.300. The number of para-hydroxylation sites is 2. The zero-order valence-corrected chi connectivity index (χ0v) is 17.0. The van der Waals surface area contributed by atoms with E-state index in [1.165, 1.54) is 24.0 Å². The number of ether oxygens (including phenoxy) is 1. The Hall–Kier alpha value is -2.91. The molecule has 0 saturated heterocycles. The van der Waals surface area contributed by atoms with Crippen molar-refractivity contribution in [1.82, 2.24) is 14.7 Å². The third-order valence-electron chi connectivity index (χ3n) is 4.77. The van der Waals surface area contributed by atoms with E-state index in [0.29, 0.717) is 30.2 Å². The van der Waals surface area contributed by atoms with Crippen molar-refractivity contribution in [1.29, 1.82) is 0 Å². The first-order chi connectivity index (χ1) is 13.8. The minimum atomic E-state index is -3.74. The first-order valence-corrected chi connectivity index (χ1v) is 10.8. The molecule has 9 heteroatoms. The predicted molar refractivity (Wildman–Crippen MR) is 110 cm³/mol. The molecule has 0 bridgehead atoms. The summed E-state index contributed by atoms with van der Waals surface area (Å²) in [5.41, 5.74) is 2.23. The number of imidazole rings is 1. The van der Waals surface area contributed by atoms with E-state index >= 15 is 0 Å². The average molecular weight is 414 g/mol. The first-order valence-electron chi connectivity index (χ1n) is 9.35. The molecule has 2 aromatic carbocycles.